The van der Waals surface area contributed by atoms with E-state index in [1.54, 1.807) is 20.9 Å². The van der Waals surface area contributed by atoms with Gasteiger partial charge in [0, 0.05) is 18.8 Å². The predicted molar refractivity (Wildman–Crippen MR) is 158 cm³/mol. The van der Waals surface area contributed by atoms with Crippen molar-refractivity contribution >= 4 is 0 Å². The minimum absolute atomic E-state index is 0. The lowest BCUT2D eigenvalue weighted by Crippen LogP contribution is -2.00. The molecule has 4 heterocycles. The average molecular weight is 537 g/mol. The van der Waals surface area contributed by atoms with Crippen molar-refractivity contribution in [1.82, 2.24) is 40.4 Å². The van der Waals surface area contributed by atoms with Crippen molar-refractivity contribution in [2.45, 2.75) is 80.2 Å². The van der Waals surface area contributed by atoms with Gasteiger partial charge in [0.25, 0.3) is 11.1 Å². The largest absolute Gasteiger partial charge is 0.504 e. The number of aromatic amines is 5. The van der Waals surface area contributed by atoms with Gasteiger partial charge in [0.15, 0.2) is 11.5 Å². The van der Waals surface area contributed by atoms with Crippen LogP contribution in [0, 0.1) is 20.8 Å². The highest BCUT2D eigenvalue weighted by atomic mass is 16.3. The first-order valence-electron chi connectivity index (χ1n) is 8.17. The van der Waals surface area contributed by atoms with E-state index < -0.39 is 0 Å². The molecule has 0 bridgehead atoms. The Kier molecular flexibility index (Phi) is 38.6. The van der Waals surface area contributed by atoms with Gasteiger partial charge in [0.1, 0.15) is 0 Å². The highest BCUT2D eigenvalue weighted by Gasteiger charge is 1.93. The molecule has 0 radical (unpaired) electrons. The van der Waals surface area contributed by atoms with Crippen molar-refractivity contribution in [2.75, 3.05) is 0 Å². The Balaban J connectivity index is -0.0000000472. The van der Waals surface area contributed by atoms with Crippen molar-refractivity contribution in [2.24, 2.45) is 7.05 Å². The van der Waals surface area contributed by atoms with E-state index in [0.29, 0.717) is 11.4 Å². The summed E-state index contributed by atoms with van der Waals surface area (Å²) in [6.45, 7) is 5.32. The van der Waals surface area contributed by atoms with Crippen LogP contribution in [0.1, 0.15) is 76.5 Å². The molecule has 4 rings (SSSR count). The van der Waals surface area contributed by atoms with E-state index in [1.165, 1.54) is 23.1 Å². The first kappa shape index (κ1) is 54.0. The SMILES string of the molecule is C.C.C.C.C.C.C.C.Cc1[nH]ncc1O.Cc1[nH]ncc1O.Cc1cc(=O)[nH][nH]1.Cn1[nH]c(=O)cc1O. The van der Waals surface area contributed by atoms with Crippen LogP contribution in [0.25, 0.3) is 0 Å². The smallest absolute Gasteiger partial charge is 0.267 e. The lowest BCUT2D eigenvalue weighted by molar-refractivity contribution is 0.419. The molecule has 0 unspecified atom stereocenters. The predicted octanol–water partition coefficient (Wildman–Crippen LogP) is 5.37. The zero-order valence-electron chi connectivity index (χ0n) is 16.3. The number of aryl methyl sites for hydroxylation is 4. The minimum atomic E-state index is -0.287. The van der Waals surface area contributed by atoms with Crippen molar-refractivity contribution in [3.63, 3.8) is 0 Å². The molecule has 37 heavy (non-hydrogen) atoms. The molecule has 0 aromatic carbocycles. The summed E-state index contributed by atoms with van der Waals surface area (Å²) in [5.74, 6) is 0.398. The summed E-state index contributed by atoms with van der Waals surface area (Å²) >= 11 is 0. The van der Waals surface area contributed by atoms with Gasteiger partial charge < -0.3 is 20.4 Å². The van der Waals surface area contributed by atoms with Gasteiger partial charge in [-0.1, -0.05) is 59.4 Å². The van der Waals surface area contributed by atoms with E-state index in [2.05, 4.69) is 35.7 Å². The normalized spacial score (nSPS) is 7.35. The van der Waals surface area contributed by atoms with Crippen LogP contribution in [0.2, 0.25) is 0 Å². The monoisotopic (exact) mass is 536 g/mol. The Hall–Kier alpha value is -4.16. The fraction of sp³-hybridized carbons (Fsp3) is 0.500. The molecule has 0 saturated heterocycles. The van der Waals surface area contributed by atoms with Gasteiger partial charge >= 0.3 is 0 Å². The van der Waals surface area contributed by atoms with E-state index in [-0.39, 0.29) is 87.9 Å². The van der Waals surface area contributed by atoms with Gasteiger partial charge in [-0.3, -0.25) is 34.7 Å². The fourth-order valence-corrected chi connectivity index (χ4v) is 1.59. The van der Waals surface area contributed by atoms with Gasteiger partial charge in [0.2, 0.25) is 5.88 Å². The van der Waals surface area contributed by atoms with Gasteiger partial charge in [-0.2, -0.15) is 10.2 Å². The summed E-state index contributed by atoms with van der Waals surface area (Å²) in [6, 6.07) is 2.61. The summed E-state index contributed by atoms with van der Waals surface area (Å²) in [7, 11) is 1.55. The number of aromatic nitrogens is 8. The second kappa shape index (κ2) is 26.4. The van der Waals surface area contributed by atoms with Gasteiger partial charge in [-0.05, 0) is 20.8 Å². The zero-order chi connectivity index (χ0) is 22.0. The molecular weight excluding hydrogens is 480 g/mol. The van der Waals surface area contributed by atoms with Crippen LogP contribution in [-0.4, -0.2) is 55.7 Å². The summed E-state index contributed by atoms with van der Waals surface area (Å²) in [5.41, 5.74) is 1.92. The first-order chi connectivity index (χ1) is 13.6. The Morgan fingerprint density at radius 1 is 0.676 bits per heavy atom. The molecule has 0 aliphatic carbocycles. The van der Waals surface area contributed by atoms with Crippen molar-refractivity contribution in [3.05, 3.63) is 62.3 Å². The number of aromatic hydroxyl groups is 3. The van der Waals surface area contributed by atoms with Crippen molar-refractivity contribution in [3.8, 4) is 17.4 Å². The molecule has 0 aliphatic rings. The Morgan fingerprint density at radius 2 is 1.08 bits per heavy atom. The van der Waals surface area contributed by atoms with Crippen molar-refractivity contribution < 1.29 is 15.3 Å². The van der Waals surface area contributed by atoms with E-state index in [4.69, 9.17) is 15.3 Å². The van der Waals surface area contributed by atoms with E-state index in [0.717, 1.165) is 11.8 Å². The quantitative estimate of drug-likeness (QED) is 0.147. The van der Waals surface area contributed by atoms with Crippen LogP contribution in [0.15, 0.2) is 34.1 Å². The number of nitrogens with one attached hydrogen (secondary N) is 5. The number of hydrogen-bond donors (Lipinski definition) is 8. The highest BCUT2D eigenvalue weighted by molar-refractivity contribution is 5.19. The standard InChI is InChI=1S/C4H6N2O2.3C4H6N2O.8CH4/c1-6-4(8)2-3(7)5-6;2*1-3-4(7)2-5-6-3;1-3-2-4(7)6-5-3;;;;;;;;/h2,8H,1H3,(H,5,7);2*2,7H,1H3,(H,5,6);2H,1H3,(H2,5,6,7);8*1H4. The average Bonchev–Trinajstić information content (AvgIpc) is 3.39. The maximum atomic E-state index is 10.3. The van der Waals surface area contributed by atoms with Gasteiger partial charge in [-0.25, -0.2) is 0 Å². The summed E-state index contributed by atoms with van der Waals surface area (Å²) in [6.07, 6.45) is 2.74. The molecule has 4 aromatic rings. The second-order valence-corrected chi connectivity index (χ2v) is 5.74. The summed E-state index contributed by atoms with van der Waals surface area (Å²) in [4.78, 5) is 20.5. The van der Waals surface area contributed by atoms with Gasteiger partial charge in [-0.15, -0.1) is 0 Å². The molecule has 4 aromatic heterocycles. The van der Waals surface area contributed by atoms with Crippen LogP contribution < -0.4 is 11.1 Å². The van der Waals surface area contributed by atoms with Crippen LogP contribution >= 0.6 is 0 Å². The third-order valence-corrected chi connectivity index (χ3v) is 3.22. The number of rotatable bonds is 0. The van der Waals surface area contributed by atoms with Crippen molar-refractivity contribution in [1.29, 1.82) is 0 Å². The molecule has 13 nitrogen and oxygen atoms in total. The van der Waals surface area contributed by atoms with Gasteiger partial charge in [0.05, 0.1) is 29.8 Å². The molecule has 0 fully saturated rings. The third kappa shape index (κ3) is 20.9. The van der Waals surface area contributed by atoms with Crippen LogP contribution in [-0.2, 0) is 7.05 Å². The molecule has 0 saturated carbocycles. The number of nitrogens with zero attached hydrogens (tertiary/aromatic N) is 3. The van der Waals surface area contributed by atoms with E-state index in [9.17, 15) is 9.59 Å². The van der Waals surface area contributed by atoms with Crippen LogP contribution in [0.4, 0.5) is 0 Å². The number of hydrogen-bond acceptors (Lipinski definition) is 7. The molecular formula is C24H56N8O5. The molecule has 222 valence electrons. The molecule has 0 spiro atoms. The van der Waals surface area contributed by atoms with Crippen LogP contribution in [0.5, 0.6) is 17.4 Å². The molecule has 0 amide bonds. The Bertz CT molecular complexity index is 1010. The lowest BCUT2D eigenvalue weighted by Gasteiger charge is -1.87. The topological polar surface area (TPSA) is 204 Å². The zero-order valence-corrected chi connectivity index (χ0v) is 16.3. The van der Waals surface area contributed by atoms with E-state index in [1.807, 2.05) is 6.92 Å². The summed E-state index contributed by atoms with van der Waals surface area (Å²) in [5, 5.41) is 45.6. The van der Waals surface area contributed by atoms with Crippen LogP contribution in [0.3, 0.4) is 0 Å². The molecule has 0 aliphatic heterocycles. The fourth-order valence-electron chi connectivity index (χ4n) is 1.59. The Labute approximate surface area is 223 Å². The number of H-pyrrole nitrogens is 5. The first-order valence-corrected chi connectivity index (χ1v) is 8.17. The lowest BCUT2D eigenvalue weighted by atomic mass is 10.5. The van der Waals surface area contributed by atoms with E-state index >= 15 is 0 Å². The molecule has 8 N–H and O–H groups in total. The second-order valence-electron chi connectivity index (χ2n) is 5.74. The molecule has 0 atom stereocenters. The highest BCUT2D eigenvalue weighted by Crippen LogP contribution is 2.08. The third-order valence-electron chi connectivity index (χ3n) is 3.22. The Morgan fingerprint density at radius 3 is 1.16 bits per heavy atom. The maximum absolute atomic E-state index is 10.3. The summed E-state index contributed by atoms with van der Waals surface area (Å²) < 4.78 is 1.24. The maximum Gasteiger partial charge on any atom is 0.267 e. The molecule has 13 heteroatoms. The minimum Gasteiger partial charge on any atom is -0.504 e.